The number of likely N-dealkylation sites (tertiary alicyclic amines) is 1. The van der Waals surface area contributed by atoms with Crippen LogP contribution >= 0.6 is 0 Å². The maximum atomic E-state index is 12.5. The number of piperidine rings is 1. The third-order valence-electron chi connectivity index (χ3n) is 5.17. The quantitative estimate of drug-likeness (QED) is 0.765. The van der Waals surface area contributed by atoms with E-state index in [9.17, 15) is 8.42 Å². The minimum absolute atomic E-state index is 0.343. The standard InChI is InChI=1S/C20H28N2O2S/c1-2-19-10-5-6-14-22(19)15-7-13-21-25(23,24)20-12-11-17-8-3-4-9-18(17)16-20/h3-4,8-9,11-12,16,19,21H,2,5-7,10,13-15H2,1H3/t19-/m1/s1. The van der Waals surface area contributed by atoms with Gasteiger partial charge in [0.05, 0.1) is 4.90 Å². The molecule has 2 aromatic carbocycles. The second-order valence-corrected chi connectivity index (χ2v) is 8.62. The van der Waals surface area contributed by atoms with Gasteiger partial charge in [0.25, 0.3) is 0 Å². The highest BCUT2D eigenvalue weighted by Crippen LogP contribution is 2.20. The first-order chi connectivity index (χ1) is 12.1. The molecule has 0 amide bonds. The van der Waals surface area contributed by atoms with Gasteiger partial charge in [-0.25, -0.2) is 13.1 Å². The van der Waals surface area contributed by atoms with Gasteiger partial charge in [-0.1, -0.05) is 43.7 Å². The predicted octanol–water partition coefficient (Wildman–Crippen LogP) is 3.77. The van der Waals surface area contributed by atoms with Crippen molar-refractivity contribution in [2.24, 2.45) is 0 Å². The zero-order valence-electron chi connectivity index (χ0n) is 14.9. The molecule has 1 N–H and O–H groups in total. The summed E-state index contributed by atoms with van der Waals surface area (Å²) in [4.78, 5) is 2.86. The van der Waals surface area contributed by atoms with E-state index >= 15 is 0 Å². The molecule has 0 saturated carbocycles. The van der Waals surface area contributed by atoms with Crippen molar-refractivity contribution in [2.45, 2.75) is 50.0 Å². The van der Waals surface area contributed by atoms with Gasteiger partial charge in [0.15, 0.2) is 0 Å². The molecule has 1 saturated heterocycles. The van der Waals surface area contributed by atoms with E-state index in [2.05, 4.69) is 16.5 Å². The Labute approximate surface area is 151 Å². The van der Waals surface area contributed by atoms with Gasteiger partial charge in [-0.2, -0.15) is 0 Å². The Kier molecular flexibility index (Phi) is 6.10. The molecule has 136 valence electrons. The van der Waals surface area contributed by atoms with Crippen molar-refractivity contribution in [3.05, 3.63) is 42.5 Å². The second kappa shape index (κ2) is 8.30. The van der Waals surface area contributed by atoms with Crippen LogP contribution in [0.25, 0.3) is 10.8 Å². The van der Waals surface area contributed by atoms with Crippen molar-refractivity contribution in [1.29, 1.82) is 0 Å². The maximum absolute atomic E-state index is 12.5. The highest BCUT2D eigenvalue weighted by molar-refractivity contribution is 7.89. The van der Waals surface area contributed by atoms with Crippen LogP contribution < -0.4 is 4.72 Å². The van der Waals surface area contributed by atoms with Crippen molar-refractivity contribution in [3.63, 3.8) is 0 Å². The van der Waals surface area contributed by atoms with Gasteiger partial charge in [-0.15, -0.1) is 0 Å². The Bertz CT molecular complexity index is 804. The second-order valence-electron chi connectivity index (χ2n) is 6.85. The fourth-order valence-electron chi connectivity index (χ4n) is 3.72. The maximum Gasteiger partial charge on any atom is 0.240 e. The van der Waals surface area contributed by atoms with Crippen molar-refractivity contribution in [3.8, 4) is 0 Å². The molecule has 0 aromatic heterocycles. The molecule has 1 heterocycles. The number of nitrogens with one attached hydrogen (secondary N) is 1. The molecule has 1 aliphatic heterocycles. The van der Waals surface area contributed by atoms with Crippen LogP contribution in [0.3, 0.4) is 0 Å². The van der Waals surface area contributed by atoms with Gasteiger partial charge in [0.2, 0.25) is 10.0 Å². The third-order valence-corrected chi connectivity index (χ3v) is 6.62. The number of hydrogen-bond acceptors (Lipinski definition) is 3. The first-order valence-electron chi connectivity index (χ1n) is 9.32. The number of fused-ring (bicyclic) bond motifs is 1. The number of hydrogen-bond donors (Lipinski definition) is 1. The average molecular weight is 361 g/mol. The average Bonchev–Trinajstić information content (AvgIpc) is 2.65. The van der Waals surface area contributed by atoms with E-state index in [0.717, 1.165) is 30.3 Å². The first kappa shape index (κ1) is 18.4. The molecular formula is C20H28N2O2S. The van der Waals surface area contributed by atoms with Gasteiger partial charge in [-0.3, -0.25) is 0 Å². The molecule has 2 aromatic rings. The Morgan fingerprint density at radius 2 is 1.92 bits per heavy atom. The van der Waals surface area contributed by atoms with E-state index in [1.807, 2.05) is 30.3 Å². The lowest BCUT2D eigenvalue weighted by molar-refractivity contribution is 0.143. The molecule has 0 unspecified atom stereocenters. The summed E-state index contributed by atoms with van der Waals surface area (Å²) in [6.45, 7) is 4.85. The summed E-state index contributed by atoms with van der Waals surface area (Å²) in [6.07, 6.45) is 5.90. The number of rotatable bonds is 7. The molecular weight excluding hydrogens is 332 g/mol. The van der Waals surface area contributed by atoms with Gasteiger partial charge in [-0.05, 0) is 61.7 Å². The molecule has 0 bridgehead atoms. The minimum Gasteiger partial charge on any atom is -0.300 e. The highest BCUT2D eigenvalue weighted by atomic mass is 32.2. The predicted molar refractivity (Wildman–Crippen MR) is 103 cm³/mol. The SMILES string of the molecule is CC[C@@H]1CCCCN1CCCNS(=O)(=O)c1ccc2ccccc2c1. The molecule has 4 nitrogen and oxygen atoms in total. The molecule has 25 heavy (non-hydrogen) atoms. The normalized spacial score (nSPS) is 19.3. The van der Waals surface area contributed by atoms with Gasteiger partial charge >= 0.3 is 0 Å². The molecule has 0 radical (unpaired) electrons. The number of benzene rings is 2. The summed E-state index contributed by atoms with van der Waals surface area (Å²) in [5.41, 5.74) is 0. The summed E-state index contributed by atoms with van der Waals surface area (Å²) < 4.78 is 27.8. The van der Waals surface area contributed by atoms with Gasteiger partial charge < -0.3 is 4.90 Å². The van der Waals surface area contributed by atoms with E-state index in [1.165, 1.54) is 25.7 Å². The molecule has 1 atom stereocenters. The largest absolute Gasteiger partial charge is 0.300 e. The first-order valence-corrected chi connectivity index (χ1v) is 10.8. The highest BCUT2D eigenvalue weighted by Gasteiger charge is 2.20. The van der Waals surface area contributed by atoms with Crippen LogP contribution in [-0.2, 0) is 10.0 Å². The van der Waals surface area contributed by atoms with Crippen molar-refractivity contribution < 1.29 is 8.42 Å². The smallest absolute Gasteiger partial charge is 0.240 e. The van der Waals surface area contributed by atoms with E-state index in [0.29, 0.717) is 17.5 Å². The van der Waals surface area contributed by atoms with Crippen molar-refractivity contribution in [1.82, 2.24) is 9.62 Å². The topological polar surface area (TPSA) is 49.4 Å². The molecule has 1 fully saturated rings. The van der Waals surface area contributed by atoms with Gasteiger partial charge in [0.1, 0.15) is 0 Å². The van der Waals surface area contributed by atoms with Crippen LogP contribution in [0.4, 0.5) is 0 Å². The Morgan fingerprint density at radius 1 is 1.12 bits per heavy atom. The zero-order valence-corrected chi connectivity index (χ0v) is 15.8. The number of nitrogens with zero attached hydrogens (tertiary/aromatic N) is 1. The van der Waals surface area contributed by atoms with E-state index in [-0.39, 0.29) is 0 Å². The minimum atomic E-state index is -3.44. The molecule has 3 rings (SSSR count). The lowest BCUT2D eigenvalue weighted by Gasteiger charge is -2.35. The monoisotopic (exact) mass is 360 g/mol. The van der Waals surface area contributed by atoms with Crippen LogP contribution in [0.15, 0.2) is 47.4 Å². The summed E-state index contributed by atoms with van der Waals surface area (Å²) >= 11 is 0. The molecule has 5 heteroatoms. The van der Waals surface area contributed by atoms with Crippen LogP contribution in [-0.4, -0.2) is 39.0 Å². The van der Waals surface area contributed by atoms with Crippen LogP contribution in [0, 0.1) is 0 Å². The summed E-state index contributed by atoms with van der Waals surface area (Å²) in [5, 5.41) is 2.00. The summed E-state index contributed by atoms with van der Waals surface area (Å²) in [6, 6.07) is 13.8. The molecule has 0 spiro atoms. The Balaban J connectivity index is 1.56. The van der Waals surface area contributed by atoms with Crippen LogP contribution in [0.2, 0.25) is 0 Å². The third kappa shape index (κ3) is 4.60. The fraction of sp³-hybridized carbons (Fsp3) is 0.500. The Hall–Kier alpha value is -1.43. The number of sulfonamides is 1. The van der Waals surface area contributed by atoms with Gasteiger partial charge in [0, 0.05) is 12.6 Å². The van der Waals surface area contributed by atoms with E-state index < -0.39 is 10.0 Å². The van der Waals surface area contributed by atoms with Crippen molar-refractivity contribution >= 4 is 20.8 Å². The van der Waals surface area contributed by atoms with E-state index in [4.69, 9.17) is 0 Å². The van der Waals surface area contributed by atoms with Crippen LogP contribution in [0.5, 0.6) is 0 Å². The molecule has 0 aliphatic carbocycles. The van der Waals surface area contributed by atoms with E-state index in [1.54, 1.807) is 12.1 Å². The molecule has 1 aliphatic rings. The van der Waals surface area contributed by atoms with Crippen LogP contribution in [0.1, 0.15) is 39.0 Å². The zero-order chi connectivity index (χ0) is 17.7. The Morgan fingerprint density at radius 3 is 2.72 bits per heavy atom. The van der Waals surface area contributed by atoms with Crippen molar-refractivity contribution in [2.75, 3.05) is 19.6 Å². The lowest BCUT2D eigenvalue weighted by atomic mass is 10.00. The lowest BCUT2D eigenvalue weighted by Crippen LogP contribution is -2.40. The summed E-state index contributed by atoms with van der Waals surface area (Å²) in [5.74, 6) is 0. The summed E-state index contributed by atoms with van der Waals surface area (Å²) in [7, 11) is -3.44. The fourth-order valence-corrected chi connectivity index (χ4v) is 4.83.